The molecule has 0 saturated heterocycles. The molecule has 0 aromatic carbocycles. The highest BCUT2D eigenvalue weighted by molar-refractivity contribution is 4.86. The Hall–Kier alpha value is -0.940. The first-order valence-electron chi connectivity index (χ1n) is 5.69. The summed E-state index contributed by atoms with van der Waals surface area (Å²) in [5, 5.41) is 13.5. The molecule has 5 heteroatoms. The van der Waals surface area contributed by atoms with Gasteiger partial charge in [0.25, 0.3) is 0 Å². The largest absolute Gasteiger partial charge is 0.393 e. The lowest BCUT2D eigenvalue weighted by Crippen LogP contribution is -2.13. The normalized spacial score (nSPS) is 13.3. The molecule has 92 valence electrons. The molecule has 0 fully saturated rings. The number of ether oxygens (including phenoxy) is 1. The molecular formula is C11H20N2O3. The van der Waals surface area contributed by atoms with Gasteiger partial charge >= 0.3 is 0 Å². The van der Waals surface area contributed by atoms with Gasteiger partial charge in [-0.05, 0) is 19.3 Å². The highest BCUT2D eigenvalue weighted by Crippen LogP contribution is 2.09. The monoisotopic (exact) mass is 228 g/mol. The second-order valence-corrected chi connectivity index (χ2v) is 4.23. The summed E-state index contributed by atoms with van der Waals surface area (Å²) < 4.78 is 10.2. The van der Waals surface area contributed by atoms with Crippen molar-refractivity contribution in [3.05, 3.63) is 11.7 Å². The predicted molar refractivity (Wildman–Crippen MR) is 58.8 cm³/mol. The van der Waals surface area contributed by atoms with Crippen LogP contribution in [0.1, 0.15) is 38.9 Å². The minimum Gasteiger partial charge on any atom is -0.393 e. The molecule has 1 aromatic heterocycles. The predicted octanol–water partition coefficient (Wildman–Crippen LogP) is 1.56. The van der Waals surface area contributed by atoms with Crippen molar-refractivity contribution < 1.29 is 14.4 Å². The van der Waals surface area contributed by atoms with Crippen LogP contribution >= 0.6 is 0 Å². The van der Waals surface area contributed by atoms with E-state index in [1.807, 2.05) is 6.92 Å². The molecule has 0 amide bonds. The third kappa shape index (κ3) is 4.72. The zero-order valence-electron chi connectivity index (χ0n) is 10.1. The van der Waals surface area contributed by atoms with Crippen LogP contribution < -0.4 is 0 Å². The van der Waals surface area contributed by atoms with Crippen molar-refractivity contribution in [2.75, 3.05) is 6.61 Å². The topological polar surface area (TPSA) is 68.4 Å². The first-order valence-corrected chi connectivity index (χ1v) is 5.69. The third-order valence-corrected chi connectivity index (χ3v) is 2.10. The Balaban J connectivity index is 2.39. The van der Waals surface area contributed by atoms with Crippen molar-refractivity contribution >= 4 is 0 Å². The number of aliphatic hydroxyl groups is 1. The van der Waals surface area contributed by atoms with Crippen molar-refractivity contribution in [1.82, 2.24) is 10.1 Å². The Kier molecular flexibility index (Phi) is 5.42. The van der Waals surface area contributed by atoms with Gasteiger partial charge in [-0.25, -0.2) is 0 Å². The maximum absolute atomic E-state index is 9.70. The van der Waals surface area contributed by atoms with Crippen molar-refractivity contribution in [2.24, 2.45) is 5.92 Å². The molecule has 0 saturated carbocycles. The second kappa shape index (κ2) is 6.60. The molecule has 1 atom stereocenters. The molecule has 5 nitrogen and oxygen atoms in total. The maximum Gasteiger partial charge on any atom is 0.229 e. The molecule has 1 rings (SSSR count). The average Bonchev–Trinajstić information content (AvgIpc) is 2.61. The van der Waals surface area contributed by atoms with Crippen molar-refractivity contribution in [2.45, 2.75) is 46.3 Å². The summed E-state index contributed by atoms with van der Waals surface area (Å²) >= 11 is 0. The molecule has 0 radical (unpaired) electrons. The Bertz CT molecular complexity index is 299. The van der Waals surface area contributed by atoms with Crippen LogP contribution in [-0.4, -0.2) is 28.0 Å². The van der Waals surface area contributed by atoms with Gasteiger partial charge in [-0.3, -0.25) is 0 Å². The fourth-order valence-electron chi connectivity index (χ4n) is 1.45. The fourth-order valence-corrected chi connectivity index (χ4v) is 1.45. The van der Waals surface area contributed by atoms with E-state index >= 15 is 0 Å². The molecule has 16 heavy (non-hydrogen) atoms. The summed E-state index contributed by atoms with van der Waals surface area (Å²) in [5.74, 6) is 1.47. The SMILES string of the molecule is CCOCc1noc(CC(O)CC(C)C)n1. The summed E-state index contributed by atoms with van der Waals surface area (Å²) in [6.07, 6.45) is 0.737. The van der Waals surface area contributed by atoms with Gasteiger partial charge in [-0.2, -0.15) is 4.98 Å². The lowest BCUT2D eigenvalue weighted by atomic mass is 10.0. The summed E-state index contributed by atoms with van der Waals surface area (Å²) in [6.45, 7) is 7.03. The highest BCUT2D eigenvalue weighted by atomic mass is 16.5. The number of aliphatic hydroxyl groups excluding tert-OH is 1. The minimum absolute atomic E-state index is 0.361. The molecule has 0 aliphatic carbocycles. The molecule has 1 heterocycles. The van der Waals surface area contributed by atoms with E-state index in [0.717, 1.165) is 6.42 Å². The van der Waals surface area contributed by atoms with Gasteiger partial charge in [-0.15, -0.1) is 0 Å². The van der Waals surface area contributed by atoms with Crippen molar-refractivity contribution in [3.63, 3.8) is 0 Å². The smallest absolute Gasteiger partial charge is 0.229 e. The average molecular weight is 228 g/mol. The van der Waals surface area contributed by atoms with Gasteiger partial charge in [0.15, 0.2) is 5.82 Å². The molecule has 1 N–H and O–H groups in total. The maximum atomic E-state index is 9.70. The molecule has 0 aliphatic rings. The summed E-state index contributed by atoms with van der Waals surface area (Å²) in [7, 11) is 0. The van der Waals surface area contributed by atoms with Gasteiger partial charge < -0.3 is 14.4 Å². The highest BCUT2D eigenvalue weighted by Gasteiger charge is 2.13. The Morgan fingerprint density at radius 3 is 2.81 bits per heavy atom. The fraction of sp³-hybridized carbons (Fsp3) is 0.818. The first kappa shape index (κ1) is 13.1. The molecule has 0 spiro atoms. The number of nitrogens with zero attached hydrogens (tertiary/aromatic N) is 2. The van der Waals surface area contributed by atoms with Crippen LogP contribution in [0.2, 0.25) is 0 Å². The molecule has 1 aromatic rings. The van der Waals surface area contributed by atoms with E-state index in [1.54, 1.807) is 0 Å². The first-order chi connectivity index (χ1) is 7.61. The van der Waals surface area contributed by atoms with E-state index in [2.05, 4.69) is 24.0 Å². The number of aromatic nitrogens is 2. The Morgan fingerprint density at radius 2 is 2.19 bits per heavy atom. The Morgan fingerprint density at radius 1 is 1.44 bits per heavy atom. The van der Waals surface area contributed by atoms with Gasteiger partial charge in [-0.1, -0.05) is 19.0 Å². The zero-order chi connectivity index (χ0) is 12.0. The molecule has 0 bridgehead atoms. The van der Waals surface area contributed by atoms with Crippen LogP contribution in [0.3, 0.4) is 0 Å². The summed E-state index contributed by atoms with van der Waals surface area (Å²) in [5.41, 5.74) is 0. The Labute approximate surface area is 95.8 Å². The number of hydrogen-bond donors (Lipinski definition) is 1. The van der Waals surface area contributed by atoms with Crippen LogP contribution in [0, 0.1) is 5.92 Å². The summed E-state index contributed by atoms with van der Waals surface area (Å²) in [6, 6.07) is 0. The van der Waals surface area contributed by atoms with E-state index in [4.69, 9.17) is 9.26 Å². The molecule has 0 aliphatic heterocycles. The lowest BCUT2D eigenvalue weighted by molar-refractivity contribution is 0.126. The van der Waals surface area contributed by atoms with E-state index in [9.17, 15) is 5.11 Å². The number of hydrogen-bond acceptors (Lipinski definition) is 5. The van der Waals surface area contributed by atoms with Gasteiger partial charge in [0.05, 0.1) is 12.5 Å². The van der Waals surface area contributed by atoms with E-state index in [-0.39, 0.29) is 0 Å². The molecular weight excluding hydrogens is 208 g/mol. The van der Waals surface area contributed by atoms with E-state index < -0.39 is 6.10 Å². The van der Waals surface area contributed by atoms with Gasteiger partial charge in [0.2, 0.25) is 5.89 Å². The second-order valence-electron chi connectivity index (χ2n) is 4.23. The summed E-state index contributed by atoms with van der Waals surface area (Å²) in [4.78, 5) is 4.13. The minimum atomic E-state index is -0.416. The van der Waals surface area contributed by atoms with Crippen LogP contribution in [0.5, 0.6) is 0 Å². The standard InChI is InChI=1S/C11H20N2O3/c1-4-15-7-10-12-11(16-13-10)6-9(14)5-8(2)3/h8-9,14H,4-7H2,1-3H3. The quantitative estimate of drug-likeness (QED) is 0.767. The van der Waals surface area contributed by atoms with E-state index in [0.29, 0.717) is 37.3 Å². The third-order valence-electron chi connectivity index (χ3n) is 2.10. The van der Waals surface area contributed by atoms with E-state index in [1.165, 1.54) is 0 Å². The zero-order valence-corrected chi connectivity index (χ0v) is 10.1. The van der Waals surface area contributed by atoms with Gasteiger partial charge in [0, 0.05) is 6.61 Å². The van der Waals surface area contributed by atoms with Crippen molar-refractivity contribution in [1.29, 1.82) is 0 Å². The van der Waals surface area contributed by atoms with Crippen LogP contribution in [0.4, 0.5) is 0 Å². The van der Waals surface area contributed by atoms with Crippen LogP contribution in [-0.2, 0) is 17.8 Å². The van der Waals surface area contributed by atoms with Gasteiger partial charge in [0.1, 0.15) is 6.61 Å². The molecule has 1 unspecified atom stereocenters. The lowest BCUT2D eigenvalue weighted by Gasteiger charge is -2.09. The van der Waals surface area contributed by atoms with Crippen LogP contribution in [0.15, 0.2) is 4.52 Å². The van der Waals surface area contributed by atoms with Crippen molar-refractivity contribution in [3.8, 4) is 0 Å². The number of rotatable bonds is 7. The van der Waals surface area contributed by atoms with Crippen LogP contribution in [0.25, 0.3) is 0 Å².